The first-order chi connectivity index (χ1) is 12.8. The molecule has 136 valence electrons. The Labute approximate surface area is 155 Å². The number of carbonyl (C=O) groups excluding carboxylic acids is 1. The standard InChI is InChI=1S/C22H27N3O/c26-22(25-14-12-19-9-5-2-6-10-19)20-15-21(17-23-16-20)24-13-11-18-7-3-1-4-8-18/h2,5-7,9-10,15-17,24H,1,3-4,8,11-14H2,(H,25,26). The highest BCUT2D eigenvalue weighted by atomic mass is 16.1. The number of aromatic nitrogens is 1. The lowest BCUT2D eigenvalue weighted by atomic mass is 9.97. The zero-order valence-electron chi connectivity index (χ0n) is 15.2. The minimum absolute atomic E-state index is 0.0768. The molecular weight excluding hydrogens is 322 g/mol. The van der Waals surface area contributed by atoms with Crippen molar-refractivity contribution >= 4 is 11.6 Å². The summed E-state index contributed by atoms with van der Waals surface area (Å²) in [6.07, 6.45) is 12.7. The molecule has 1 aliphatic carbocycles. The van der Waals surface area contributed by atoms with E-state index in [2.05, 4.69) is 33.8 Å². The van der Waals surface area contributed by atoms with Gasteiger partial charge in [-0.1, -0.05) is 42.0 Å². The lowest BCUT2D eigenvalue weighted by molar-refractivity contribution is 0.0954. The number of hydrogen-bond acceptors (Lipinski definition) is 3. The monoisotopic (exact) mass is 349 g/mol. The second-order valence-electron chi connectivity index (χ2n) is 6.74. The Morgan fingerprint density at radius 2 is 1.92 bits per heavy atom. The predicted molar refractivity (Wildman–Crippen MR) is 106 cm³/mol. The number of allylic oxidation sites excluding steroid dienone is 1. The largest absolute Gasteiger partial charge is 0.383 e. The summed E-state index contributed by atoms with van der Waals surface area (Å²) >= 11 is 0. The highest BCUT2D eigenvalue weighted by Gasteiger charge is 2.07. The molecule has 0 fully saturated rings. The molecule has 0 bridgehead atoms. The Balaban J connectivity index is 1.45. The maximum atomic E-state index is 12.3. The van der Waals surface area contributed by atoms with Gasteiger partial charge in [-0.25, -0.2) is 0 Å². The number of nitrogens with zero attached hydrogens (tertiary/aromatic N) is 1. The molecule has 0 aliphatic heterocycles. The fourth-order valence-corrected chi connectivity index (χ4v) is 3.23. The molecule has 1 aromatic heterocycles. The number of pyridine rings is 1. The van der Waals surface area contributed by atoms with E-state index in [1.54, 1.807) is 18.0 Å². The zero-order chi connectivity index (χ0) is 18.0. The molecule has 26 heavy (non-hydrogen) atoms. The van der Waals surface area contributed by atoms with Crippen LogP contribution in [0.1, 0.15) is 48.0 Å². The molecule has 1 heterocycles. The minimum Gasteiger partial charge on any atom is -0.383 e. The first-order valence-corrected chi connectivity index (χ1v) is 9.50. The normalized spacial score (nSPS) is 13.8. The molecule has 0 atom stereocenters. The third kappa shape index (κ3) is 5.73. The SMILES string of the molecule is O=C(NCCc1ccccc1)c1cncc(NCCC2=CCCCC2)c1. The molecule has 0 saturated heterocycles. The summed E-state index contributed by atoms with van der Waals surface area (Å²) in [7, 11) is 0. The van der Waals surface area contributed by atoms with Crippen LogP contribution in [0.4, 0.5) is 5.69 Å². The smallest absolute Gasteiger partial charge is 0.252 e. The Morgan fingerprint density at radius 1 is 1.04 bits per heavy atom. The second-order valence-corrected chi connectivity index (χ2v) is 6.74. The number of carbonyl (C=O) groups is 1. The van der Waals surface area contributed by atoms with E-state index >= 15 is 0 Å². The van der Waals surface area contributed by atoms with Gasteiger partial charge in [0.2, 0.25) is 0 Å². The molecule has 0 radical (unpaired) electrons. The quantitative estimate of drug-likeness (QED) is 0.696. The summed E-state index contributed by atoms with van der Waals surface area (Å²) in [4.78, 5) is 16.5. The Bertz CT molecular complexity index is 740. The van der Waals surface area contributed by atoms with Gasteiger partial charge in [0.25, 0.3) is 5.91 Å². The summed E-state index contributed by atoms with van der Waals surface area (Å²) in [5, 5.41) is 6.35. The second kappa shape index (κ2) is 9.76. The van der Waals surface area contributed by atoms with E-state index < -0.39 is 0 Å². The molecule has 1 amide bonds. The number of rotatable bonds is 8. The number of anilines is 1. The van der Waals surface area contributed by atoms with Gasteiger partial charge in [-0.05, 0) is 50.2 Å². The van der Waals surface area contributed by atoms with Crippen molar-refractivity contribution in [2.75, 3.05) is 18.4 Å². The van der Waals surface area contributed by atoms with Crippen LogP contribution in [-0.4, -0.2) is 24.0 Å². The van der Waals surface area contributed by atoms with Crippen LogP contribution in [0.25, 0.3) is 0 Å². The van der Waals surface area contributed by atoms with Crippen molar-refractivity contribution in [3.05, 3.63) is 71.6 Å². The fourth-order valence-electron chi connectivity index (χ4n) is 3.23. The summed E-state index contributed by atoms with van der Waals surface area (Å²) < 4.78 is 0. The van der Waals surface area contributed by atoms with Crippen molar-refractivity contribution in [1.29, 1.82) is 0 Å². The van der Waals surface area contributed by atoms with Gasteiger partial charge >= 0.3 is 0 Å². The van der Waals surface area contributed by atoms with Crippen molar-refractivity contribution in [3.8, 4) is 0 Å². The lowest BCUT2D eigenvalue weighted by Crippen LogP contribution is -2.25. The zero-order valence-corrected chi connectivity index (χ0v) is 15.2. The van der Waals surface area contributed by atoms with Crippen molar-refractivity contribution in [3.63, 3.8) is 0 Å². The number of hydrogen-bond donors (Lipinski definition) is 2. The van der Waals surface area contributed by atoms with Crippen LogP contribution < -0.4 is 10.6 Å². The van der Waals surface area contributed by atoms with Gasteiger partial charge in [0.15, 0.2) is 0 Å². The molecule has 0 unspecified atom stereocenters. The first kappa shape index (κ1) is 18.2. The van der Waals surface area contributed by atoms with Crippen LogP contribution in [0.2, 0.25) is 0 Å². The van der Waals surface area contributed by atoms with E-state index in [1.807, 2.05) is 24.3 Å². The lowest BCUT2D eigenvalue weighted by Gasteiger charge is -2.13. The molecule has 4 heteroatoms. The van der Waals surface area contributed by atoms with Gasteiger partial charge in [0.1, 0.15) is 0 Å². The summed E-state index contributed by atoms with van der Waals surface area (Å²) in [6, 6.07) is 12.0. The van der Waals surface area contributed by atoms with Crippen LogP contribution in [0.3, 0.4) is 0 Å². The Kier molecular flexibility index (Phi) is 6.82. The Hall–Kier alpha value is -2.62. The number of benzene rings is 1. The third-order valence-electron chi connectivity index (χ3n) is 4.70. The van der Waals surface area contributed by atoms with E-state index in [9.17, 15) is 4.79 Å². The third-order valence-corrected chi connectivity index (χ3v) is 4.70. The van der Waals surface area contributed by atoms with Crippen molar-refractivity contribution in [2.45, 2.75) is 38.5 Å². The van der Waals surface area contributed by atoms with E-state index in [-0.39, 0.29) is 5.91 Å². The van der Waals surface area contributed by atoms with Crippen LogP contribution >= 0.6 is 0 Å². The molecule has 3 rings (SSSR count). The fraction of sp³-hybridized carbons (Fsp3) is 0.364. The van der Waals surface area contributed by atoms with Crippen molar-refractivity contribution in [1.82, 2.24) is 10.3 Å². The van der Waals surface area contributed by atoms with Gasteiger partial charge in [0, 0.05) is 25.5 Å². The average molecular weight is 349 g/mol. The van der Waals surface area contributed by atoms with Crippen LogP contribution in [-0.2, 0) is 6.42 Å². The molecule has 1 aromatic carbocycles. The summed E-state index contributed by atoms with van der Waals surface area (Å²) in [5.74, 6) is -0.0768. The van der Waals surface area contributed by atoms with Crippen molar-refractivity contribution in [2.24, 2.45) is 0 Å². The highest BCUT2D eigenvalue weighted by Crippen LogP contribution is 2.20. The van der Waals surface area contributed by atoms with Crippen molar-refractivity contribution < 1.29 is 4.79 Å². The maximum Gasteiger partial charge on any atom is 0.252 e. The molecule has 2 aromatic rings. The molecule has 1 aliphatic rings. The predicted octanol–water partition coefficient (Wildman–Crippen LogP) is 4.36. The van der Waals surface area contributed by atoms with Crippen LogP contribution in [0.15, 0.2) is 60.4 Å². The molecule has 2 N–H and O–H groups in total. The van der Waals surface area contributed by atoms with E-state index in [0.717, 1.165) is 25.1 Å². The maximum absolute atomic E-state index is 12.3. The first-order valence-electron chi connectivity index (χ1n) is 9.50. The van der Waals surface area contributed by atoms with E-state index in [0.29, 0.717) is 12.1 Å². The van der Waals surface area contributed by atoms with E-state index in [1.165, 1.54) is 31.2 Å². The van der Waals surface area contributed by atoms with Crippen LogP contribution in [0, 0.1) is 0 Å². The molecular formula is C22H27N3O. The van der Waals surface area contributed by atoms with E-state index in [4.69, 9.17) is 0 Å². The van der Waals surface area contributed by atoms with Gasteiger partial charge in [-0.15, -0.1) is 0 Å². The van der Waals surface area contributed by atoms with Gasteiger partial charge in [-0.3, -0.25) is 9.78 Å². The van der Waals surface area contributed by atoms with Gasteiger partial charge in [-0.2, -0.15) is 0 Å². The topological polar surface area (TPSA) is 54.0 Å². The molecule has 4 nitrogen and oxygen atoms in total. The van der Waals surface area contributed by atoms with Crippen LogP contribution in [0.5, 0.6) is 0 Å². The highest BCUT2D eigenvalue weighted by molar-refractivity contribution is 5.94. The summed E-state index contributed by atoms with van der Waals surface area (Å²) in [6.45, 7) is 1.50. The average Bonchev–Trinajstić information content (AvgIpc) is 2.70. The summed E-state index contributed by atoms with van der Waals surface area (Å²) in [5.41, 5.74) is 4.27. The number of amides is 1. The minimum atomic E-state index is -0.0768. The van der Waals surface area contributed by atoms with Gasteiger partial charge < -0.3 is 10.6 Å². The molecule has 0 saturated carbocycles. The Morgan fingerprint density at radius 3 is 2.73 bits per heavy atom. The molecule has 0 spiro atoms. The van der Waals surface area contributed by atoms with Gasteiger partial charge in [0.05, 0.1) is 11.3 Å². The number of nitrogens with one attached hydrogen (secondary N) is 2.